The molecular formula is C5H10INO2. The van der Waals surface area contributed by atoms with E-state index in [0.717, 1.165) is 12.8 Å². The third-order valence-corrected chi connectivity index (χ3v) is 1.64. The minimum Gasteiger partial charge on any atom is -0.436 e. The fourth-order valence-electron chi connectivity index (χ4n) is 0.412. The van der Waals surface area contributed by atoms with Gasteiger partial charge in [0.05, 0.1) is 0 Å². The SMILES string of the molecule is CCCC(I)OC(N)=O. The van der Waals surface area contributed by atoms with Gasteiger partial charge < -0.3 is 10.5 Å². The number of nitrogens with two attached hydrogens (primary N) is 1. The van der Waals surface area contributed by atoms with E-state index in [-0.39, 0.29) is 4.11 Å². The van der Waals surface area contributed by atoms with E-state index in [1.165, 1.54) is 0 Å². The number of rotatable bonds is 3. The molecule has 0 rings (SSSR count). The lowest BCUT2D eigenvalue weighted by atomic mass is 10.4. The van der Waals surface area contributed by atoms with E-state index in [2.05, 4.69) is 4.74 Å². The van der Waals surface area contributed by atoms with Crippen molar-refractivity contribution in [2.24, 2.45) is 5.73 Å². The zero-order valence-electron chi connectivity index (χ0n) is 5.26. The maximum absolute atomic E-state index is 10.1. The highest BCUT2D eigenvalue weighted by Gasteiger charge is 2.04. The van der Waals surface area contributed by atoms with Crippen LogP contribution in [0.3, 0.4) is 0 Å². The Labute approximate surface area is 68.1 Å². The summed E-state index contributed by atoms with van der Waals surface area (Å²) in [6.07, 6.45) is 1.17. The number of carbonyl (C=O) groups is 1. The van der Waals surface area contributed by atoms with Gasteiger partial charge in [-0.1, -0.05) is 13.3 Å². The number of carbonyl (C=O) groups excluding carboxylic acids is 1. The van der Waals surface area contributed by atoms with Crippen LogP contribution < -0.4 is 5.73 Å². The summed E-state index contributed by atoms with van der Waals surface area (Å²) in [5.41, 5.74) is 4.76. The lowest BCUT2D eigenvalue weighted by molar-refractivity contribution is 0.148. The Bertz CT molecular complexity index is 97.0. The van der Waals surface area contributed by atoms with Crippen LogP contribution in [0.25, 0.3) is 0 Å². The number of ether oxygens (including phenoxy) is 1. The molecule has 0 spiro atoms. The molecule has 54 valence electrons. The maximum Gasteiger partial charge on any atom is 0.405 e. The van der Waals surface area contributed by atoms with Gasteiger partial charge in [-0.25, -0.2) is 4.79 Å². The zero-order valence-corrected chi connectivity index (χ0v) is 7.42. The van der Waals surface area contributed by atoms with E-state index < -0.39 is 6.09 Å². The maximum atomic E-state index is 10.1. The molecule has 0 aliphatic heterocycles. The highest BCUT2D eigenvalue weighted by atomic mass is 127. The fraction of sp³-hybridized carbons (Fsp3) is 0.800. The van der Waals surface area contributed by atoms with Gasteiger partial charge in [-0.2, -0.15) is 0 Å². The summed E-state index contributed by atoms with van der Waals surface area (Å²) in [4.78, 5) is 10.1. The van der Waals surface area contributed by atoms with E-state index in [1.807, 2.05) is 29.5 Å². The average molecular weight is 243 g/mol. The summed E-state index contributed by atoms with van der Waals surface area (Å²) < 4.78 is 4.55. The van der Waals surface area contributed by atoms with Crippen LogP contribution in [0.5, 0.6) is 0 Å². The predicted molar refractivity (Wildman–Crippen MR) is 43.4 cm³/mol. The lowest BCUT2D eigenvalue weighted by Crippen LogP contribution is -2.17. The fourth-order valence-corrected chi connectivity index (χ4v) is 1.29. The Kier molecular flexibility index (Phi) is 4.84. The van der Waals surface area contributed by atoms with Gasteiger partial charge in [0, 0.05) is 0 Å². The summed E-state index contributed by atoms with van der Waals surface area (Å²) >= 11 is 2.03. The van der Waals surface area contributed by atoms with E-state index in [0.29, 0.717) is 0 Å². The zero-order chi connectivity index (χ0) is 7.28. The number of hydrogen-bond donors (Lipinski definition) is 1. The molecule has 0 bridgehead atoms. The third-order valence-electron chi connectivity index (χ3n) is 0.760. The first-order valence-corrected chi connectivity index (χ1v) is 4.01. The minimum absolute atomic E-state index is 0.0647. The summed E-state index contributed by atoms with van der Waals surface area (Å²) in [5, 5.41) is 0. The van der Waals surface area contributed by atoms with Crippen molar-refractivity contribution in [3.63, 3.8) is 0 Å². The molecule has 0 saturated heterocycles. The van der Waals surface area contributed by atoms with E-state index >= 15 is 0 Å². The molecule has 4 heteroatoms. The summed E-state index contributed by atoms with van der Waals surface area (Å²) in [6.45, 7) is 2.02. The van der Waals surface area contributed by atoms with Gasteiger partial charge in [-0.3, -0.25) is 0 Å². The van der Waals surface area contributed by atoms with Gasteiger partial charge in [-0.05, 0) is 29.0 Å². The highest BCUT2D eigenvalue weighted by Crippen LogP contribution is 2.08. The molecule has 0 radical (unpaired) electrons. The van der Waals surface area contributed by atoms with Gasteiger partial charge in [0.1, 0.15) is 0 Å². The van der Waals surface area contributed by atoms with Crippen LogP contribution in [-0.2, 0) is 4.74 Å². The Hall–Kier alpha value is 0. The van der Waals surface area contributed by atoms with Crippen LogP contribution in [0.2, 0.25) is 0 Å². The van der Waals surface area contributed by atoms with Gasteiger partial charge >= 0.3 is 6.09 Å². The monoisotopic (exact) mass is 243 g/mol. The molecule has 3 nitrogen and oxygen atoms in total. The smallest absolute Gasteiger partial charge is 0.405 e. The molecule has 0 aliphatic carbocycles. The molecule has 0 aromatic heterocycles. The van der Waals surface area contributed by atoms with Crippen molar-refractivity contribution in [2.75, 3.05) is 0 Å². The molecule has 1 amide bonds. The van der Waals surface area contributed by atoms with Crippen molar-refractivity contribution in [1.29, 1.82) is 0 Å². The van der Waals surface area contributed by atoms with Crippen molar-refractivity contribution in [2.45, 2.75) is 23.9 Å². The van der Waals surface area contributed by atoms with Crippen LogP contribution in [0, 0.1) is 0 Å². The summed E-state index contributed by atoms with van der Waals surface area (Å²) in [5.74, 6) is 0. The number of alkyl halides is 1. The highest BCUT2D eigenvalue weighted by molar-refractivity contribution is 14.1. The third kappa shape index (κ3) is 5.88. The second kappa shape index (κ2) is 4.84. The molecule has 0 saturated carbocycles. The molecule has 0 heterocycles. The predicted octanol–water partition coefficient (Wildman–Crippen LogP) is 1.64. The first-order chi connectivity index (χ1) is 4.16. The van der Waals surface area contributed by atoms with Crippen molar-refractivity contribution in [3.05, 3.63) is 0 Å². The van der Waals surface area contributed by atoms with Crippen LogP contribution in [0.15, 0.2) is 0 Å². The van der Waals surface area contributed by atoms with E-state index in [1.54, 1.807) is 0 Å². The molecule has 0 fully saturated rings. The summed E-state index contributed by atoms with van der Waals surface area (Å²) in [7, 11) is 0. The second-order valence-corrected chi connectivity index (χ2v) is 3.02. The minimum atomic E-state index is -0.692. The van der Waals surface area contributed by atoms with Gasteiger partial charge in [0.2, 0.25) is 0 Å². The molecular weight excluding hydrogens is 233 g/mol. The first kappa shape index (κ1) is 9.00. The Balaban J connectivity index is 3.26. The Morgan fingerprint density at radius 2 is 2.44 bits per heavy atom. The molecule has 9 heavy (non-hydrogen) atoms. The number of primary amides is 1. The molecule has 0 aliphatic rings. The molecule has 1 unspecified atom stereocenters. The Morgan fingerprint density at radius 1 is 1.89 bits per heavy atom. The quantitative estimate of drug-likeness (QED) is 0.605. The van der Waals surface area contributed by atoms with Crippen molar-refractivity contribution in [3.8, 4) is 0 Å². The number of hydrogen-bond acceptors (Lipinski definition) is 2. The van der Waals surface area contributed by atoms with Crippen molar-refractivity contribution >= 4 is 28.7 Å². The van der Waals surface area contributed by atoms with Crippen LogP contribution in [0.4, 0.5) is 4.79 Å². The van der Waals surface area contributed by atoms with E-state index in [9.17, 15) is 4.79 Å². The molecule has 2 N–H and O–H groups in total. The summed E-state index contributed by atoms with van der Waals surface area (Å²) in [6, 6.07) is 0. The van der Waals surface area contributed by atoms with Crippen LogP contribution in [-0.4, -0.2) is 10.2 Å². The second-order valence-electron chi connectivity index (χ2n) is 1.64. The van der Waals surface area contributed by atoms with Crippen molar-refractivity contribution in [1.82, 2.24) is 0 Å². The van der Waals surface area contributed by atoms with E-state index in [4.69, 9.17) is 5.73 Å². The van der Waals surface area contributed by atoms with Crippen molar-refractivity contribution < 1.29 is 9.53 Å². The molecule has 0 aromatic rings. The van der Waals surface area contributed by atoms with Gasteiger partial charge in [0.15, 0.2) is 4.11 Å². The largest absolute Gasteiger partial charge is 0.436 e. The average Bonchev–Trinajstić information content (AvgIpc) is 1.63. The number of halogens is 1. The topological polar surface area (TPSA) is 52.3 Å². The van der Waals surface area contributed by atoms with Gasteiger partial charge in [-0.15, -0.1) is 0 Å². The van der Waals surface area contributed by atoms with Gasteiger partial charge in [0.25, 0.3) is 0 Å². The molecule has 0 aromatic carbocycles. The number of amides is 1. The standard InChI is InChI=1S/C5H10INO2/c1-2-3-4(6)9-5(7)8/h4H,2-3H2,1H3,(H2,7,8). The first-order valence-electron chi connectivity index (χ1n) is 2.77. The molecule has 1 atom stereocenters. The van der Waals surface area contributed by atoms with Crippen LogP contribution >= 0.6 is 22.6 Å². The van der Waals surface area contributed by atoms with Crippen LogP contribution in [0.1, 0.15) is 19.8 Å². The Morgan fingerprint density at radius 3 is 2.78 bits per heavy atom. The lowest BCUT2D eigenvalue weighted by Gasteiger charge is -2.06. The normalized spacial score (nSPS) is 12.7.